The van der Waals surface area contributed by atoms with Crippen LogP contribution in [0.4, 0.5) is 0 Å². The van der Waals surface area contributed by atoms with Crippen LogP contribution in [0, 0.1) is 0 Å². The summed E-state index contributed by atoms with van der Waals surface area (Å²) in [6.45, 7) is 3.48. The second kappa shape index (κ2) is 4.38. The van der Waals surface area contributed by atoms with Crippen molar-refractivity contribution in [2.24, 2.45) is 0 Å². The smallest absolute Gasteiger partial charge is 0.193 e. The summed E-state index contributed by atoms with van der Waals surface area (Å²) in [6.07, 6.45) is 0.876. The van der Waals surface area contributed by atoms with Gasteiger partial charge in [0.15, 0.2) is 10.3 Å². The SMILES string of the molecule is CC(=O)Sc1ncnn1CC(C)O. The molecule has 0 aliphatic carbocycles. The minimum atomic E-state index is -0.493. The molecule has 0 amide bonds. The summed E-state index contributed by atoms with van der Waals surface area (Å²) in [7, 11) is 0. The second-order valence-electron chi connectivity index (χ2n) is 2.67. The molecule has 0 aliphatic rings. The Morgan fingerprint density at radius 1 is 1.85 bits per heavy atom. The van der Waals surface area contributed by atoms with Crippen LogP contribution in [0.1, 0.15) is 13.8 Å². The van der Waals surface area contributed by atoms with Crippen LogP contribution in [-0.2, 0) is 11.3 Å². The molecule has 1 rings (SSSR count). The summed E-state index contributed by atoms with van der Waals surface area (Å²) >= 11 is 1.01. The molecular formula is C7H11N3O2S. The van der Waals surface area contributed by atoms with Crippen LogP contribution < -0.4 is 0 Å². The van der Waals surface area contributed by atoms with E-state index in [1.54, 1.807) is 6.92 Å². The van der Waals surface area contributed by atoms with Crippen LogP contribution in [0.15, 0.2) is 11.5 Å². The summed E-state index contributed by atoms with van der Waals surface area (Å²) in [5, 5.41) is 13.5. The summed E-state index contributed by atoms with van der Waals surface area (Å²) in [6, 6.07) is 0. The van der Waals surface area contributed by atoms with E-state index in [0.29, 0.717) is 11.7 Å². The predicted molar refractivity (Wildman–Crippen MR) is 48.2 cm³/mol. The standard InChI is InChI=1S/C7H11N3O2S/c1-5(11)3-10-7(8-4-9-10)13-6(2)12/h4-5,11H,3H2,1-2H3. The molecule has 0 spiro atoms. The van der Waals surface area contributed by atoms with E-state index in [1.807, 2.05) is 0 Å². The summed E-state index contributed by atoms with van der Waals surface area (Å²) in [4.78, 5) is 14.7. The fourth-order valence-corrected chi connectivity index (χ4v) is 1.42. The van der Waals surface area contributed by atoms with Crippen molar-refractivity contribution in [1.82, 2.24) is 14.8 Å². The first-order valence-corrected chi connectivity index (χ1v) is 4.65. The molecule has 1 heterocycles. The molecule has 6 heteroatoms. The van der Waals surface area contributed by atoms with Crippen LogP contribution in [0.5, 0.6) is 0 Å². The number of hydrogen-bond donors (Lipinski definition) is 1. The zero-order chi connectivity index (χ0) is 9.84. The van der Waals surface area contributed by atoms with Gasteiger partial charge in [-0.25, -0.2) is 9.67 Å². The third-order valence-corrected chi connectivity index (χ3v) is 2.04. The average Bonchev–Trinajstić information content (AvgIpc) is 2.34. The summed E-state index contributed by atoms with van der Waals surface area (Å²) in [5.41, 5.74) is 0. The molecular weight excluding hydrogens is 190 g/mol. The Hall–Kier alpha value is -0.880. The quantitative estimate of drug-likeness (QED) is 0.712. The Kier molecular flexibility index (Phi) is 3.44. The van der Waals surface area contributed by atoms with Gasteiger partial charge in [0.1, 0.15) is 6.33 Å². The Morgan fingerprint density at radius 3 is 3.08 bits per heavy atom. The molecule has 1 aromatic heterocycles. The summed E-state index contributed by atoms with van der Waals surface area (Å²) < 4.78 is 1.51. The normalized spacial score (nSPS) is 12.8. The van der Waals surface area contributed by atoms with Crippen LogP contribution in [0.3, 0.4) is 0 Å². The Labute approximate surface area is 80.2 Å². The monoisotopic (exact) mass is 201 g/mol. The number of carbonyl (C=O) groups is 1. The van der Waals surface area contributed by atoms with Gasteiger partial charge >= 0.3 is 0 Å². The van der Waals surface area contributed by atoms with Gasteiger partial charge in [0, 0.05) is 6.92 Å². The van der Waals surface area contributed by atoms with E-state index in [-0.39, 0.29) is 5.12 Å². The number of aliphatic hydroxyl groups is 1. The van der Waals surface area contributed by atoms with Gasteiger partial charge in [-0.2, -0.15) is 5.10 Å². The number of hydrogen-bond acceptors (Lipinski definition) is 5. The van der Waals surface area contributed by atoms with E-state index in [0.717, 1.165) is 11.8 Å². The number of aliphatic hydroxyl groups excluding tert-OH is 1. The molecule has 0 saturated carbocycles. The van der Waals surface area contributed by atoms with Crippen LogP contribution >= 0.6 is 11.8 Å². The number of aromatic nitrogens is 3. The maximum atomic E-state index is 10.8. The second-order valence-corrected chi connectivity index (χ2v) is 3.81. The Morgan fingerprint density at radius 2 is 2.54 bits per heavy atom. The molecule has 0 aliphatic heterocycles. The van der Waals surface area contributed by atoms with Gasteiger partial charge in [-0.15, -0.1) is 0 Å². The van der Waals surface area contributed by atoms with E-state index in [1.165, 1.54) is 17.9 Å². The lowest BCUT2D eigenvalue weighted by atomic mass is 10.4. The minimum absolute atomic E-state index is 0.0418. The highest BCUT2D eigenvalue weighted by molar-refractivity contribution is 8.13. The van der Waals surface area contributed by atoms with E-state index < -0.39 is 6.10 Å². The molecule has 1 N–H and O–H groups in total. The molecule has 5 nitrogen and oxygen atoms in total. The van der Waals surface area contributed by atoms with Crippen LogP contribution in [0.2, 0.25) is 0 Å². The lowest BCUT2D eigenvalue weighted by Crippen LogP contribution is -2.14. The largest absolute Gasteiger partial charge is 0.391 e. The molecule has 1 unspecified atom stereocenters. The van der Waals surface area contributed by atoms with Gasteiger partial charge < -0.3 is 5.11 Å². The van der Waals surface area contributed by atoms with Crippen molar-refractivity contribution in [3.63, 3.8) is 0 Å². The van der Waals surface area contributed by atoms with Crippen molar-refractivity contribution in [3.05, 3.63) is 6.33 Å². The molecule has 0 bridgehead atoms. The van der Waals surface area contributed by atoms with Crippen molar-refractivity contribution in [1.29, 1.82) is 0 Å². The lowest BCUT2D eigenvalue weighted by molar-refractivity contribution is -0.109. The van der Waals surface area contributed by atoms with E-state index >= 15 is 0 Å². The highest BCUT2D eigenvalue weighted by Gasteiger charge is 2.09. The number of nitrogens with zero attached hydrogens (tertiary/aromatic N) is 3. The maximum absolute atomic E-state index is 10.8. The highest BCUT2D eigenvalue weighted by Crippen LogP contribution is 2.14. The van der Waals surface area contributed by atoms with Gasteiger partial charge in [0.2, 0.25) is 0 Å². The molecule has 1 aromatic rings. The zero-order valence-corrected chi connectivity index (χ0v) is 8.28. The molecule has 0 aromatic carbocycles. The minimum Gasteiger partial charge on any atom is -0.391 e. The zero-order valence-electron chi connectivity index (χ0n) is 7.47. The summed E-state index contributed by atoms with van der Waals surface area (Å²) in [5.74, 6) is 0. The topological polar surface area (TPSA) is 68.0 Å². The molecule has 0 radical (unpaired) electrons. The van der Waals surface area contributed by atoms with E-state index in [2.05, 4.69) is 10.1 Å². The third kappa shape index (κ3) is 3.16. The highest BCUT2D eigenvalue weighted by atomic mass is 32.2. The van der Waals surface area contributed by atoms with E-state index in [4.69, 9.17) is 5.11 Å². The number of thioether (sulfide) groups is 1. The molecule has 13 heavy (non-hydrogen) atoms. The van der Waals surface area contributed by atoms with Crippen LogP contribution in [0.25, 0.3) is 0 Å². The van der Waals surface area contributed by atoms with Gasteiger partial charge in [0.05, 0.1) is 12.6 Å². The molecule has 1 atom stereocenters. The van der Waals surface area contributed by atoms with Gasteiger partial charge in [-0.3, -0.25) is 4.79 Å². The number of rotatable bonds is 3. The van der Waals surface area contributed by atoms with Crippen molar-refractivity contribution < 1.29 is 9.90 Å². The first kappa shape index (κ1) is 10.2. The average molecular weight is 201 g/mol. The fraction of sp³-hybridized carbons (Fsp3) is 0.571. The van der Waals surface area contributed by atoms with Gasteiger partial charge in [0.25, 0.3) is 0 Å². The Bertz CT molecular complexity index is 298. The number of carbonyl (C=O) groups excluding carboxylic acids is 1. The predicted octanol–water partition coefficient (Wildman–Crippen LogP) is 0.297. The lowest BCUT2D eigenvalue weighted by Gasteiger charge is -2.05. The first-order chi connectivity index (χ1) is 6.09. The van der Waals surface area contributed by atoms with Gasteiger partial charge in [-0.05, 0) is 18.7 Å². The third-order valence-electron chi connectivity index (χ3n) is 1.25. The van der Waals surface area contributed by atoms with Crippen LogP contribution in [-0.4, -0.2) is 31.1 Å². The van der Waals surface area contributed by atoms with Gasteiger partial charge in [-0.1, -0.05) is 0 Å². The molecule has 72 valence electrons. The molecule has 0 fully saturated rings. The van der Waals surface area contributed by atoms with E-state index in [9.17, 15) is 4.79 Å². The first-order valence-electron chi connectivity index (χ1n) is 3.84. The van der Waals surface area contributed by atoms with Crippen molar-refractivity contribution in [2.45, 2.75) is 31.7 Å². The molecule has 0 saturated heterocycles. The van der Waals surface area contributed by atoms with Crippen molar-refractivity contribution in [2.75, 3.05) is 0 Å². The van der Waals surface area contributed by atoms with Crippen molar-refractivity contribution >= 4 is 16.9 Å². The fourth-order valence-electron chi connectivity index (χ4n) is 0.837. The van der Waals surface area contributed by atoms with Crippen molar-refractivity contribution in [3.8, 4) is 0 Å². The maximum Gasteiger partial charge on any atom is 0.193 e. The Balaban J connectivity index is 2.71.